The lowest BCUT2D eigenvalue weighted by molar-refractivity contribution is 0.474. The summed E-state index contributed by atoms with van der Waals surface area (Å²) in [7, 11) is -2.70. The van der Waals surface area contributed by atoms with Gasteiger partial charge in [0.05, 0.1) is 11.5 Å². The van der Waals surface area contributed by atoms with Gasteiger partial charge in [-0.3, -0.25) is 0 Å². The van der Waals surface area contributed by atoms with E-state index in [0.29, 0.717) is 30.0 Å². The molecule has 0 aromatic carbocycles. The lowest BCUT2D eigenvalue weighted by Crippen LogP contribution is -2.34. The summed E-state index contributed by atoms with van der Waals surface area (Å²) >= 11 is 0. The van der Waals surface area contributed by atoms with Gasteiger partial charge in [0, 0.05) is 12.6 Å². The fourth-order valence-electron chi connectivity index (χ4n) is 1.72. The fraction of sp³-hybridized carbons (Fsp3) is 1.00. The van der Waals surface area contributed by atoms with Crippen LogP contribution in [0.5, 0.6) is 0 Å². The summed E-state index contributed by atoms with van der Waals surface area (Å²) < 4.78 is 22.3. The molecule has 0 aromatic heterocycles. The number of rotatable bonds is 5. The molecule has 14 heavy (non-hydrogen) atoms. The SMILES string of the molecule is C[C@@H](CN)NCCC1CCS(=O)(=O)C1. The van der Waals surface area contributed by atoms with Crippen molar-refractivity contribution in [2.45, 2.75) is 25.8 Å². The van der Waals surface area contributed by atoms with Gasteiger partial charge in [-0.2, -0.15) is 0 Å². The number of nitrogens with two attached hydrogens (primary N) is 1. The maximum Gasteiger partial charge on any atom is 0.150 e. The van der Waals surface area contributed by atoms with E-state index in [-0.39, 0.29) is 0 Å². The van der Waals surface area contributed by atoms with Gasteiger partial charge in [0.2, 0.25) is 0 Å². The van der Waals surface area contributed by atoms with Gasteiger partial charge in [-0.25, -0.2) is 8.42 Å². The molecule has 84 valence electrons. The topological polar surface area (TPSA) is 72.2 Å². The van der Waals surface area contributed by atoms with Gasteiger partial charge in [0.1, 0.15) is 0 Å². The molecule has 1 rings (SSSR count). The smallest absolute Gasteiger partial charge is 0.150 e. The molecule has 2 atom stereocenters. The average molecular weight is 220 g/mol. The standard InChI is InChI=1S/C9H20N2O2S/c1-8(6-10)11-4-2-9-3-5-14(12,13)7-9/h8-9,11H,2-7,10H2,1H3/t8-,9?/m0/s1. The summed E-state index contributed by atoms with van der Waals surface area (Å²) in [6, 6.07) is 0.327. The maximum atomic E-state index is 11.2. The van der Waals surface area contributed by atoms with Crippen LogP contribution in [-0.2, 0) is 9.84 Å². The van der Waals surface area contributed by atoms with Crippen molar-refractivity contribution in [2.24, 2.45) is 11.7 Å². The molecule has 3 N–H and O–H groups in total. The van der Waals surface area contributed by atoms with Crippen LogP contribution in [0.4, 0.5) is 0 Å². The molecule has 1 unspecified atom stereocenters. The third-order valence-corrected chi connectivity index (χ3v) is 4.56. The van der Waals surface area contributed by atoms with Gasteiger partial charge in [-0.15, -0.1) is 0 Å². The molecular weight excluding hydrogens is 200 g/mol. The summed E-state index contributed by atoms with van der Waals surface area (Å²) in [6.07, 6.45) is 1.78. The van der Waals surface area contributed by atoms with E-state index >= 15 is 0 Å². The quantitative estimate of drug-likeness (QED) is 0.670. The Morgan fingerprint density at radius 2 is 2.29 bits per heavy atom. The fourth-order valence-corrected chi connectivity index (χ4v) is 3.63. The van der Waals surface area contributed by atoms with Crippen LogP contribution in [0.3, 0.4) is 0 Å². The van der Waals surface area contributed by atoms with Gasteiger partial charge in [0.15, 0.2) is 9.84 Å². The molecule has 0 bridgehead atoms. The molecule has 1 fully saturated rings. The average Bonchev–Trinajstić information content (AvgIpc) is 2.45. The zero-order valence-electron chi connectivity index (χ0n) is 8.70. The van der Waals surface area contributed by atoms with E-state index < -0.39 is 9.84 Å². The second-order valence-electron chi connectivity index (χ2n) is 4.15. The molecule has 5 heteroatoms. The maximum absolute atomic E-state index is 11.2. The van der Waals surface area contributed by atoms with E-state index in [1.54, 1.807) is 0 Å². The van der Waals surface area contributed by atoms with Crippen LogP contribution < -0.4 is 11.1 Å². The Morgan fingerprint density at radius 3 is 2.79 bits per heavy atom. The molecule has 0 aliphatic carbocycles. The van der Waals surface area contributed by atoms with Crippen LogP contribution in [-0.4, -0.2) is 39.1 Å². The monoisotopic (exact) mass is 220 g/mol. The molecule has 0 radical (unpaired) electrons. The van der Waals surface area contributed by atoms with Crippen molar-refractivity contribution < 1.29 is 8.42 Å². The summed E-state index contributed by atoms with van der Waals surface area (Å²) in [5.74, 6) is 1.12. The first-order valence-corrected chi connectivity index (χ1v) is 6.99. The minimum Gasteiger partial charge on any atom is -0.329 e. The third kappa shape index (κ3) is 3.94. The molecule has 0 spiro atoms. The highest BCUT2D eigenvalue weighted by Crippen LogP contribution is 2.20. The minimum absolute atomic E-state index is 0.327. The number of hydrogen-bond donors (Lipinski definition) is 2. The van der Waals surface area contributed by atoms with E-state index in [2.05, 4.69) is 5.32 Å². The number of sulfone groups is 1. The van der Waals surface area contributed by atoms with E-state index in [1.807, 2.05) is 6.92 Å². The first kappa shape index (κ1) is 11.9. The Hall–Kier alpha value is -0.130. The molecule has 1 saturated heterocycles. The van der Waals surface area contributed by atoms with Crippen molar-refractivity contribution in [1.29, 1.82) is 0 Å². The lowest BCUT2D eigenvalue weighted by Gasteiger charge is -2.13. The molecular formula is C9H20N2O2S. The highest BCUT2D eigenvalue weighted by Gasteiger charge is 2.27. The van der Waals surface area contributed by atoms with Crippen molar-refractivity contribution in [1.82, 2.24) is 5.32 Å². The number of nitrogens with one attached hydrogen (secondary N) is 1. The predicted molar refractivity (Wildman–Crippen MR) is 57.9 cm³/mol. The summed E-state index contributed by atoms with van der Waals surface area (Å²) in [5, 5.41) is 3.27. The first-order valence-electron chi connectivity index (χ1n) is 5.17. The van der Waals surface area contributed by atoms with Crippen LogP contribution in [0.25, 0.3) is 0 Å². The lowest BCUT2D eigenvalue weighted by atomic mass is 10.1. The van der Waals surface area contributed by atoms with Crippen LogP contribution in [0.15, 0.2) is 0 Å². The van der Waals surface area contributed by atoms with Crippen LogP contribution in [0.2, 0.25) is 0 Å². The Balaban J connectivity index is 2.15. The highest BCUT2D eigenvalue weighted by molar-refractivity contribution is 7.91. The molecule has 0 amide bonds. The van der Waals surface area contributed by atoms with Gasteiger partial charge in [-0.05, 0) is 32.2 Å². The van der Waals surface area contributed by atoms with Crippen LogP contribution in [0.1, 0.15) is 19.8 Å². The third-order valence-electron chi connectivity index (χ3n) is 2.73. The Labute approximate surface area is 86.2 Å². The Kier molecular flexibility index (Phi) is 4.34. The van der Waals surface area contributed by atoms with Crippen molar-refractivity contribution in [3.8, 4) is 0 Å². The summed E-state index contributed by atoms with van der Waals surface area (Å²) in [5.41, 5.74) is 5.45. The highest BCUT2D eigenvalue weighted by atomic mass is 32.2. The molecule has 1 heterocycles. The Morgan fingerprint density at radius 1 is 1.57 bits per heavy atom. The first-order chi connectivity index (χ1) is 6.53. The van der Waals surface area contributed by atoms with Crippen molar-refractivity contribution in [3.63, 3.8) is 0 Å². The van der Waals surface area contributed by atoms with Crippen molar-refractivity contribution in [2.75, 3.05) is 24.6 Å². The van der Waals surface area contributed by atoms with Crippen molar-refractivity contribution >= 4 is 9.84 Å². The predicted octanol–water partition coefficient (Wildman–Crippen LogP) is -0.252. The summed E-state index contributed by atoms with van der Waals surface area (Å²) in [6.45, 7) is 3.53. The molecule has 1 aliphatic rings. The van der Waals surface area contributed by atoms with Gasteiger partial charge >= 0.3 is 0 Å². The van der Waals surface area contributed by atoms with Crippen LogP contribution in [0, 0.1) is 5.92 Å². The Bertz CT molecular complexity index is 264. The largest absolute Gasteiger partial charge is 0.329 e. The zero-order valence-corrected chi connectivity index (χ0v) is 9.52. The minimum atomic E-state index is -2.70. The molecule has 0 saturated carbocycles. The summed E-state index contributed by atoms with van der Waals surface area (Å²) in [4.78, 5) is 0. The number of hydrogen-bond acceptors (Lipinski definition) is 4. The normalized spacial score (nSPS) is 27.7. The van der Waals surface area contributed by atoms with Gasteiger partial charge in [0.25, 0.3) is 0 Å². The molecule has 4 nitrogen and oxygen atoms in total. The molecule has 0 aromatic rings. The van der Waals surface area contributed by atoms with E-state index in [9.17, 15) is 8.42 Å². The van der Waals surface area contributed by atoms with E-state index in [1.165, 1.54) is 0 Å². The molecule has 1 aliphatic heterocycles. The zero-order chi connectivity index (χ0) is 10.6. The van der Waals surface area contributed by atoms with Gasteiger partial charge < -0.3 is 11.1 Å². The second-order valence-corrected chi connectivity index (χ2v) is 6.38. The van der Waals surface area contributed by atoms with Gasteiger partial charge in [-0.1, -0.05) is 0 Å². The van der Waals surface area contributed by atoms with Crippen molar-refractivity contribution in [3.05, 3.63) is 0 Å². The second kappa shape index (κ2) is 5.09. The van der Waals surface area contributed by atoms with E-state index in [0.717, 1.165) is 19.4 Å². The van der Waals surface area contributed by atoms with E-state index in [4.69, 9.17) is 5.73 Å². The van der Waals surface area contributed by atoms with Crippen LogP contribution >= 0.6 is 0 Å².